The number of nitrogens with one attached hydrogen (secondary N) is 1. The van der Waals surface area contributed by atoms with Crippen molar-refractivity contribution in [3.05, 3.63) is 35.4 Å². The zero-order valence-corrected chi connectivity index (χ0v) is 12.1. The number of hydrogen-bond donors (Lipinski definition) is 1. The first-order valence-electron chi connectivity index (χ1n) is 7.75. The van der Waals surface area contributed by atoms with E-state index in [1.807, 2.05) is 0 Å². The summed E-state index contributed by atoms with van der Waals surface area (Å²) in [5, 5.41) is 3.39. The van der Waals surface area contributed by atoms with Gasteiger partial charge in [0.1, 0.15) is 11.6 Å². The van der Waals surface area contributed by atoms with Crippen LogP contribution < -0.4 is 5.32 Å². The molecule has 0 saturated heterocycles. The van der Waals surface area contributed by atoms with Gasteiger partial charge in [0.05, 0.1) is 0 Å². The maximum absolute atomic E-state index is 13.5. The third kappa shape index (κ3) is 2.37. The van der Waals surface area contributed by atoms with E-state index in [4.69, 9.17) is 0 Å². The third-order valence-electron chi connectivity index (χ3n) is 5.28. The Balaban J connectivity index is 1.87. The van der Waals surface area contributed by atoms with Crippen LogP contribution in [0.5, 0.6) is 0 Å². The van der Waals surface area contributed by atoms with Crippen LogP contribution in [-0.4, -0.2) is 13.1 Å². The summed E-state index contributed by atoms with van der Waals surface area (Å²) in [5.41, 5.74) is 1.23. The molecule has 1 nitrogen and oxygen atoms in total. The molecule has 1 aromatic rings. The van der Waals surface area contributed by atoms with Crippen molar-refractivity contribution in [1.29, 1.82) is 0 Å². The van der Waals surface area contributed by atoms with Crippen molar-refractivity contribution in [2.45, 2.75) is 50.9 Å². The van der Waals surface area contributed by atoms with E-state index in [-0.39, 0.29) is 5.41 Å². The van der Waals surface area contributed by atoms with E-state index in [0.717, 1.165) is 37.6 Å². The van der Waals surface area contributed by atoms with Gasteiger partial charge in [0.25, 0.3) is 0 Å². The Morgan fingerprint density at radius 3 is 2.20 bits per heavy atom. The minimum Gasteiger partial charge on any atom is -0.316 e. The summed E-state index contributed by atoms with van der Waals surface area (Å²) in [4.78, 5) is 0. The molecule has 1 spiro atoms. The summed E-state index contributed by atoms with van der Waals surface area (Å²) in [7, 11) is 0. The van der Waals surface area contributed by atoms with Gasteiger partial charge in [0, 0.05) is 18.0 Å². The zero-order chi connectivity index (χ0) is 14.2. The number of halogens is 2. The van der Waals surface area contributed by atoms with Gasteiger partial charge in [0.2, 0.25) is 0 Å². The fourth-order valence-corrected chi connectivity index (χ4v) is 4.52. The van der Waals surface area contributed by atoms with Crippen LogP contribution in [0.25, 0.3) is 0 Å². The molecule has 0 heterocycles. The first kappa shape index (κ1) is 14.0. The predicted molar refractivity (Wildman–Crippen MR) is 76.7 cm³/mol. The Morgan fingerprint density at radius 2 is 1.65 bits per heavy atom. The number of hydrogen-bond acceptors (Lipinski definition) is 1. The van der Waals surface area contributed by atoms with Crippen molar-refractivity contribution in [2.75, 3.05) is 13.1 Å². The Hall–Kier alpha value is -0.960. The lowest BCUT2D eigenvalue weighted by molar-refractivity contribution is 0.0269. The molecule has 0 aliphatic heterocycles. The van der Waals surface area contributed by atoms with Crippen LogP contribution >= 0.6 is 0 Å². The lowest BCUT2D eigenvalue weighted by Crippen LogP contribution is -2.53. The van der Waals surface area contributed by atoms with Gasteiger partial charge in [-0.1, -0.05) is 19.8 Å². The van der Waals surface area contributed by atoms with Crippen LogP contribution in [0.1, 0.15) is 51.0 Å². The molecule has 0 radical (unpaired) electrons. The molecule has 2 saturated carbocycles. The normalized spacial score (nSPS) is 22.9. The average molecular weight is 279 g/mol. The van der Waals surface area contributed by atoms with Crippen LogP contribution in [0.15, 0.2) is 18.2 Å². The molecule has 110 valence electrons. The zero-order valence-electron chi connectivity index (χ0n) is 12.1. The number of rotatable bonds is 4. The second-order valence-corrected chi connectivity index (χ2v) is 6.78. The fourth-order valence-electron chi connectivity index (χ4n) is 4.52. The van der Waals surface area contributed by atoms with Gasteiger partial charge in [-0.2, -0.15) is 0 Å². The molecule has 0 aromatic heterocycles. The highest BCUT2D eigenvalue weighted by Crippen LogP contribution is 2.62. The van der Waals surface area contributed by atoms with Gasteiger partial charge < -0.3 is 5.32 Å². The van der Waals surface area contributed by atoms with Gasteiger partial charge in [-0.3, -0.25) is 0 Å². The molecule has 2 aliphatic carbocycles. The first-order chi connectivity index (χ1) is 9.57. The van der Waals surface area contributed by atoms with E-state index < -0.39 is 11.6 Å². The van der Waals surface area contributed by atoms with Crippen LogP contribution in [0.3, 0.4) is 0 Å². The molecule has 0 amide bonds. The van der Waals surface area contributed by atoms with Crippen LogP contribution in [0.2, 0.25) is 0 Å². The monoisotopic (exact) mass is 279 g/mol. The number of likely N-dealkylation sites (N-methyl/N-ethyl adjacent to an activating group) is 1. The van der Waals surface area contributed by atoms with E-state index in [0.29, 0.717) is 5.41 Å². The summed E-state index contributed by atoms with van der Waals surface area (Å²) in [6.07, 6.45) is 7.37. The maximum atomic E-state index is 13.5. The van der Waals surface area contributed by atoms with E-state index in [1.165, 1.54) is 37.8 Å². The molecule has 3 rings (SSSR count). The van der Waals surface area contributed by atoms with E-state index in [2.05, 4.69) is 12.2 Å². The van der Waals surface area contributed by atoms with Crippen molar-refractivity contribution in [1.82, 2.24) is 5.32 Å². The molecular formula is C17H23F2N. The van der Waals surface area contributed by atoms with Crippen molar-refractivity contribution < 1.29 is 8.78 Å². The van der Waals surface area contributed by atoms with E-state index >= 15 is 0 Å². The molecule has 0 unspecified atom stereocenters. The largest absolute Gasteiger partial charge is 0.316 e. The predicted octanol–water partition coefficient (Wildman–Crippen LogP) is 4.17. The second-order valence-electron chi connectivity index (χ2n) is 6.78. The van der Waals surface area contributed by atoms with Crippen molar-refractivity contribution in [3.63, 3.8) is 0 Å². The standard InChI is InChI=1S/C17H23F2N/c1-2-20-12-17(10-16(11-17)5-3-4-6-16)13-7-14(18)9-15(19)8-13/h7-9,20H,2-6,10-12H2,1H3. The molecule has 2 aliphatic rings. The van der Waals surface area contributed by atoms with Gasteiger partial charge in [-0.05, 0) is 55.3 Å². The number of benzene rings is 1. The van der Waals surface area contributed by atoms with E-state index in [9.17, 15) is 8.78 Å². The molecule has 0 atom stereocenters. The Morgan fingerprint density at radius 1 is 1.05 bits per heavy atom. The quantitative estimate of drug-likeness (QED) is 0.872. The first-order valence-corrected chi connectivity index (χ1v) is 7.75. The molecule has 1 N–H and O–H groups in total. The highest BCUT2D eigenvalue weighted by Gasteiger charge is 2.55. The molecule has 1 aromatic carbocycles. The van der Waals surface area contributed by atoms with Crippen LogP contribution in [-0.2, 0) is 5.41 Å². The average Bonchev–Trinajstić information content (AvgIpc) is 2.82. The van der Waals surface area contributed by atoms with Crippen molar-refractivity contribution in [2.24, 2.45) is 5.41 Å². The minimum absolute atomic E-state index is 0.0662. The second kappa shape index (κ2) is 5.10. The summed E-state index contributed by atoms with van der Waals surface area (Å²) < 4.78 is 27.1. The summed E-state index contributed by atoms with van der Waals surface area (Å²) >= 11 is 0. The smallest absolute Gasteiger partial charge is 0.126 e. The summed E-state index contributed by atoms with van der Waals surface area (Å²) in [6.45, 7) is 3.80. The van der Waals surface area contributed by atoms with Crippen molar-refractivity contribution in [3.8, 4) is 0 Å². The van der Waals surface area contributed by atoms with Gasteiger partial charge >= 0.3 is 0 Å². The lowest BCUT2D eigenvalue weighted by Gasteiger charge is -2.56. The Bertz CT molecular complexity index is 464. The topological polar surface area (TPSA) is 12.0 Å². The van der Waals surface area contributed by atoms with Gasteiger partial charge in [0.15, 0.2) is 0 Å². The lowest BCUT2D eigenvalue weighted by atomic mass is 9.49. The highest BCUT2D eigenvalue weighted by atomic mass is 19.1. The Kier molecular flexibility index (Phi) is 3.57. The summed E-state index contributed by atoms with van der Waals surface area (Å²) in [5.74, 6) is -0.911. The van der Waals surface area contributed by atoms with Crippen LogP contribution in [0.4, 0.5) is 8.78 Å². The minimum atomic E-state index is -0.455. The maximum Gasteiger partial charge on any atom is 0.126 e. The molecule has 20 heavy (non-hydrogen) atoms. The summed E-state index contributed by atoms with van der Waals surface area (Å²) in [6, 6.07) is 4.03. The molecule has 3 heteroatoms. The van der Waals surface area contributed by atoms with E-state index in [1.54, 1.807) is 0 Å². The van der Waals surface area contributed by atoms with Gasteiger partial charge in [-0.15, -0.1) is 0 Å². The Labute approximate surface area is 119 Å². The van der Waals surface area contributed by atoms with Crippen LogP contribution in [0, 0.1) is 17.0 Å². The van der Waals surface area contributed by atoms with Crippen molar-refractivity contribution >= 4 is 0 Å². The fraction of sp³-hybridized carbons (Fsp3) is 0.647. The SMILES string of the molecule is CCNCC1(c2cc(F)cc(F)c2)CC2(CCCC2)C1. The third-order valence-corrected chi connectivity index (χ3v) is 5.28. The highest BCUT2D eigenvalue weighted by molar-refractivity contribution is 5.33. The molecular weight excluding hydrogens is 256 g/mol. The molecule has 2 fully saturated rings. The van der Waals surface area contributed by atoms with Gasteiger partial charge in [-0.25, -0.2) is 8.78 Å². The molecule has 0 bridgehead atoms.